The number of hydrogen-bond acceptors (Lipinski definition) is 5. The number of rotatable bonds is 6. The van der Waals surface area contributed by atoms with E-state index in [0.29, 0.717) is 0 Å². The number of nitrogens with two attached hydrogens (primary N) is 1. The Balaban J connectivity index is 2.40. The van der Waals surface area contributed by atoms with E-state index in [-0.39, 0.29) is 0 Å². The molecule has 0 aliphatic carbocycles. The van der Waals surface area contributed by atoms with Gasteiger partial charge in [0.1, 0.15) is 0 Å². The molecule has 0 unspecified atom stereocenters. The molecule has 6 nitrogen and oxygen atoms in total. The van der Waals surface area contributed by atoms with Crippen molar-refractivity contribution in [1.82, 2.24) is 25.1 Å². The quantitative estimate of drug-likeness (QED) is 0.659. The molecule has 0 fully saturated rings. The molecule has 14 heavy (non-hydrogen) atoms. The third-order valence-electron chi connectivity index (χ3n) is 2.04. The lowest BCUT2D eigenvalue weighted by molar-refractivity contribution is 0.271. The highest BCUT2D eigenvalue weighted by atomic mass is 15.6. The molecule has 0 bridgehead atoms. The Kier molecular flexibility index (Phi) is 4.48. The molecule has 0 saturated heterocycles. The summed E-state index contributed by atoms with van der Waals surface area (Å²) in [4.78, 5) is 3.73. The van der Waals surface area contributed by atoms with Gasteiger partial charge in [-0.25, -0.2) is 0 Å². The first-order chi connectivity index (χ1) is 6.76. The Hall–Kier alpha value is -1.01. The summed E-state index contributed by atoms with van der Waals surface area (Å²) >= 11 is 0. The average molecular weight is 198 g/mol. The lowest BCUT2D eigenvalue weighted by Gasteiger charge is -2.17. The van der Waals surface area contributed by atoms with Crippen LogP contribution in [0.25, 0.3) is 0 Å². The van der Waals surface area contributed by atoms with Crippen LogP contribution in [0.3, 0.4) is 0 Å². The minimum atomic E-state index is 0.727. The fourth-order valence-corrected chi connectivity index (χ4v) is 1.25. The molecule has 0 spiro atoms. The number of hydrogen-bond donors (Lipinski definition) is 1. The van der Waals surface area contributed by atoms with Gasteiger partial charge in [0, 0.05) is 0 Å². The molecule has 80 valence electrons. The van der Waals surface area contributed by atoms with Crippen molar-refractivity contribution in [2.75, 3.05) is 19.6 Å². The molecule has 1 aromatic rings. The maximum Gasteiger partial charge on any atom is 0.188 e. The molecule has 1 aromatic heterocycles. The SMILES string of the molecule is CCN(CCCN)Cc1nnn(C)n1. The molecule has 0 aliphatic rings. The summed E-state index contributed by atoms with van der Waals surface area (Å²) in [6.07, 6.45) is 1.01. The van der Waals surface area contributed by atoms with Gasteiger partial charge in [-0.2, -0.15) is 4.80 Å². The molecule has 2 N–H and O–H groups in total. The molecule has 0 amide bonds. The van der Waals surface area contributed by atoms with Crippen LogP contribution in [0.1, 0.15) is 19.2 Å². The van der Waals surface area contributed by atoms with Crippen molar-refractivity contribution >= 4 is 0 Å². The van der Waals surface area contributed by atoms with Crippen LogP contribution in [0.2, 0.25) is 0 Å². The van der Waals surface area contributed by atoms with Gasteiger partial charge in [0.25, 0.3) is 0 Å². The zero-order chi connectivity index (χ0) is 10.4. The Labute approximate surface area is 84.1 Å². The first kappa shape index (κ1) is 11.1. The summed E-state index contributed by atoms with van der Waals surface area (Å²) < 4.78 is 0. The van der Waals surface area contributed by atoms with E-state index in [4.69, 9.17) is 5.73 Å². The monoisotopic (exact) mass is 198 g/mol. The number of aromatic nitrogens is 4. The summed E-state index contributed by atoms with van der Waals surface area (Å²) in [7, 11) is 1.77. The maximum absolute atomic E-state index is 5.45. The van der Waals surface area contributed by atoms with Gasteiger partial charge in [0.2, 0.25) is 0 Å². The first-order valence-corrected chi connectivity index (χ1v) is 4.91. The van der Waals surface area contributed by atoms with Gasteiger partial charge in [-0.1, -0.05) is 6.92 Å². The Bertz CT molecular complexity index is 258. The lowest BCUT2D eigenvalue weighted by Crippen LogP contribution is -2.26. The zero-order valence-corrected chi connectivity index (χ0v) is 8.85. The van der Waals surface area contributed by atoms with Crippen LogP contribution >= 0.6 is 0 Å². The second-order valence-corrected chi connectivity index (χ2v) is 3.21. The standard InChI is InChI=1S/C8H18N6/c1-3-14(6-4-5-9)7-8-10-12-13(2)11-8/h3-7,9H2,1-2H3. The average Bonchev–Trinajstić information content (AvgIpc) is 2.58. The molecule has 0 radical (unpaired) electrons. The summed E-state index contributed by atoms with van der Waals surface area (Å²) in [6.45, 7) is 5.57. The van der Waals surface area contributed by atoms with Gasteiger partial charge in [-0.3, -0.25) is 4.90 Å². The van der Waals surface area contributed by atoms with Crippen LogP contribution in [0.15, 0.2) is 0 Å². The van der Waals surface area contributed by atoms with Crippen LogP contribution in [-0.2, 0) is 13.6 Å². The van der Waals surface area contributed by atoms with E-state index in [1.807, 2.05) is 0 Å². The van der Waals surface area contributed by atoms with Gasteiger partial charge in [-0.15, -0.1) is 10.2 Å². The molecular weight excluding hydrogens is 180 g/mol. The number of aryl methyl sites for hydroxylation is 1. The molecular formula is C8H18N6. The molecule has 1 heterocycles. The normalized spacial score (nSPS) is 11.1. The smallest absolute Gasteiger partial charge is 0.188 e. The predicted molar refractivity (Wildman–Crippen MR) is 53.4 cm³/mol. The highest BCUT2D eigenvalue weighted by Gasteiger charge is 2.06. The summed E-state index contributed by atoms with van der Waals surface area (Å²) in [5.74, 6) is 0.770. The minimum absolute atomic E-state index is 0.727. The van der Waals surface area contributed by atoms with E-state index in [1.165, 1.54) is 4.80 Å². The van der Waals surface area contributed by atoms with Crippen LogP contribution in [-0.4, -0.2) is 44.7 Å². The third kappa shape index (κ3) is 3.39. The molecule has 1 rings (SSSR count). The fourth-order valence-electron chi connectivity index (χ4n) is 1.25. The minimum Gasteiger partial charge on any atom is -0.330 e. The molecule has 0 aromatic carbocycles. The van der Waals surface area contributed by atoms with Gasteiger partial charge >= 0.3 is 0 Å². The van der Waals surface area contributed by atoms with Crippen molar-refractivity contribution in [3.8, 4) is 0 Å². The Morgan fingerprint density at radius 3 is 2.79 bits per heavy atom. The molecule has 6 heteroatoms. The largest absolute Gasteiger partial charge is 0.330 e. The maximum atomic E-state index is 5.45. The first-order valence-electron chi connectivity index (χ1n) is 4.91. The second kappa shape index (κ2) is 5.66. The predicted octanol–water partition coefficient (Wildman–Crippen LogP) is -0.619. The van der Waals surface area contributed by atoms with Crippen LogP contribution in [0, 0.1) is 0 Å². The summed E-state index contributed by atoms with van der Waals surface area (Å²) in [5.41, 5.74) is 5.45. The van der Waals surface area contributed by atoms with E-state index in [9.17, 15) is 0 Å². The van der Waals surface area contributed by atoms with Crippen molar-refractivity contribution in [1.29, 1.82) is 0 Å². The Morgan fingerprint density at radius 1 is 1.50 bits per heavy atom. The van der Waals surface area contributed by atoms with Gasteiger partial charge < -0.3 is 5.73 Å². The highest BCUT2D eigenvalue weighted by molar-refractivity contribution is 4.76. The molecule has 0 atom stereocenters. The van der Waals surface area contributed by atoms with E-state index < -0.39 is 0 Å². The van der Waals surface area contributed by atoms with Crippen molar-refractivity contribution < 1.29 is 0 Å². The molecule has 0 saturated carbocycles. The lowest BCUT2D eigenvalue weighted by atomic mass is 10.3. The van der Waals surface area contributed by atoms with Crippen molar-refractivity contribution in [3.63, 3.8) is 0 Å². The second-order valence-electron chi connectivity index (χ2n) is 3.21. The fraction of sp³-hybridized carbons (Fsp3) is 0.875. The Morgan fingerprint density at radius 2 is 2.29 bits per heavy atom. The summed E-state index contributed by atoms with van der Waals surface area (Å²) in [5, 5.41) is 11.9. The van der Waals surface area contributed by atoms with Gasteiger partial charge in [0.05, 0.1) is 13.6 Å². The molecule has 0 aliphatic heterocycles. The third-order valence-corrected chi connectivity index (χ3v) is 2.04. The number of nitrogens with zero attached hydrogens (tertiary/aromatic N) is 5. The number of tetrazole rings is 1. The van der Waals surface area contributed by atoms with Crippen LogP contribution in [0.4, 0.5) is 0 Å². The summed E-state index contributed by atoms with van der Waals surface area (Å²) in [6, 6.07) is 0. The topological polar surface area (TPSA) is 72.9 Å². The van der Waals surface area contributed by atoms with E-state index in [1.54, 1.807) is 7.05 Å². The van der Waals surface area contributed by atoms with E-state index >= 15 is 0 Å². The van der Waals surface area contributed by atoms with Crippen molar-refractivity contribution in [3.05, 3.63) is 5.82 Å². The van der Waals surface area contributed by atoms with Crippen molar-refractivity contribution in [2.45, 2.75) is 19.9 Å². The zero-order valence-electron chi connectivity index (χ0n) is 8.85. The van der Waals surface area contributed by atoms with Crippen molar-refractivity contribution in [2.24, 2.45) is 12.8 Å². The highest BCUT2D eigenvalue weighted by Crippen LogP contribution is 1.97. The van der Waals surface area contributed by atoms with E-state index in [0.717, 1.165) is 38.4 Å². The van der Waals surface area contributed by atoms with Gasteiger partial charge in [-0.05, 0) is 31.3 Å². The van der Waals surface area contributed by atoms with Crippen LogP contribution in [0.5, 0.6) is 0 Å². The van der Waals surface area contributed by atoms with Crippen LogP contribution < -0.4 is 5.73 Å². The van der Waals surface area contributed by atoms with Gasteiger partial charge in [0.15, 0.2) is 5.82 Å². The van der Waals surface area contributed by atoms with E-state index in [2.05, 4.69) is 27.2 Å².